The first-order valence-electron chi connectivity index (χ1n) is 13.3. The highest BCUT2D eigenvalue weighted by molar-refractivity contribution is 7.92. The predicted octanol–water partition coefficient (Wildman–Crippen LogP) is 4.03. The summed E-state index contributed by atoms with van der Waals surface area (Å²) in [5, 5.41) is 3.00. The van der Waals surface area contributed by atoms with Crippen molar-refractivity contribution < 1.29 is 27.5 Å². The molecule has 0 aliphatic carbocycles. The molecule has 2 aromatic carbocycles. The van der Waals surface area contributed by atoms with E-state index in [4.69, 9.17) is 9.47 Å². The number of carbonyl (C=O) groups excluding carboxylic acids is 2. The molecule has 1 heterocycles. The van der Waals surface area contributed by atoms with E-state index in [0.717, 1.165) is 17.4 Å². The van der Waals surface area contributed by atoms with Gasteiger partial charge in [0.1, 0.15) is 19.3 Å². The van der Waals surface area contributed by atoms with Crippen LogP contribution < -0.4 is 19.1 Å². The van der Waals surface area contributed by atoms with E-state index >= 15 is 0 Å². The molecule has 214 valence electrons. The number of nitrogens with zero attached hydrogens (tertiary/aromatic N) is 2. The van der Waals surface area contributed by atoms with E-state index in [0.29, 0.717) is 43.4 Å². The van der Waals surface area contributed by atoms with Gasteiger partial charge in [0.05, 0.1) is 11.9 Å². The van der Waals surface area contributed by atoms with Crippen LogP contribution >= 0.6 is 0 Å². The lowest BCUT2D eigenvalue weighted by molar-refractivity contribution is -0.142. The van der Waals surface area contributed by atoms with E-state index in [1.807, 2.05) is 58.9 Å². The van der Waals surface area contributed by atoms with Crippen LogP contribution in [0.5, 0.6) is 11.5 Å². The Morgan fingerprint density at radius 2 is 1.72 bits per heavy atom. The van der Waals surface area contributed by atoms with Gasteiger partial charge in [-0.15, -0.1) is 0 Å². The highest BCUT2D eigenvalue weighted by Crippen LogP contribution is 2.34. The standard InChI is InChI=1S/C29H41N3O6S/c1-7-24(28(34)30-29(3,4)5)31(20-22-12-9-8-11-21(22)2)27(33)13-10-16-32(39(6,35)36)23-14-15-25-26(19-23)38-18-17-37-25/h8-9,11-12,14-15,19,24H,7,10,13,16-18,20H2,1-6H3,(H,30,34)/t24-/m0/s1. The molecule has 10 heteroatoms. The number of benzene rings is 2. The summed E-state index contributed by atoms with van der Waals surface area (Å²) in [5.74, 6) is 0.647. The molecule has 0 bridgehead atoms. The predicted molar refractivity (Wildman–Crippen MR) is 153 cm³/mol. The van der Waals surface area contributed by atoms with Gasteiger partial charge >= 0.3 is 0 Å². The zero-order chi connectivity index (χ0) is 28.8. The van der Waals surface area contributed by atoms with Crippen LogP contribution in [0.2, 0.25) is 0 Å². The average molecular weight is 560 g/mol. The Morgan fingerprint density at radius 1 is 1.05 bits per heavy atom. The second-order valence-corrected chi connectivity index (χ2v) is 12.8. The van der Waals surface area contributed by atoms with Crippen LogP contribution in [-0.2, 0) is 26.2 Å². The fourth-order valence-corrected chi connectivity index (χ4v) is 5.49. The Labute approximate surface area is 232 Å². The lowest BCUT2D eigenvalue weighted by atomic mass is 10.0. The van der Waals surface area contributed by atoms with Crippen LogP contribution in [0.1, 0.15) is 58.1 Å². The molecule has 0 saturated carbocycles. The average Bonchev–Trinajstić information content (AvgIpc) is 2.85. The largest absolute Gasteiger partial charge is 0.486 e. The van der Waals surface area contributed by atoms with E-state index in [-0.39, 0.29) is 31.2 Å². The molecule has 39 heavy (non-hydrogen) atoms. The van der Waals surface area contributed by atoms with Gasteiger partial charge in [0, 0.05) is 31.1 Å². The van der Waals surface area contributed by atoms with Crippen LogP contribution in [0.3, 0.4) is 0 Å². The van der Waals surface area contributed by atoms with Crippen LogP contribution in [-0.4, -0.2) is 62.7 Å². The van der Waals surface area contributed by atoms with Crippen molar-refractivity contribution in [3.8, 4) is 11.5 Å². The molecular weight excluding hydrogens is 518 g/mol. The minimum atomic E-state index is -3.62. The maximum atomic E-state index is 13.6. The number of amides is 2. The smallest absolute Gasteiger partial charge is 0.243 e. The maximum Gasteiger partial charge on any atom is 0.243 e. The summed E-state index contributed by atoms with van der Waals surface area (Å²) in [7, 11) is -3.62. The number of hydrogen-bond acceptors (Lipinski definition) is 6. The Morgan fingerprint density at radius 3 is 2.33 bits per heavy atom. The van der Waals surface area contributed by atoms with Gasteiger partial charge in [0.15, 0.2) is 11.5 Å². The van der Waals surface area contributed by atoms with E-state index < -0.39 is 21.6 Å². The van der Waals surface area contributed by atoms with E-state index in [2.05, 4.69) is 5.32 Å². The van der Waals surface area contributed by atoms with Crippen LogP contribution in [0.15, 0.2) is 42.5 Å². The number of sulfonamides is 1. The molecule has 1 atom stereocenters. The normalized spacial score (nSPS) is 13.9. The van der Waals surface area contributed by atoms with Crippen molar-refractivity contribution in [2.24, 2.45) is 0 Å². The summed E-state index contributed by atoms with van der Waals surface area (Å²) in [5.41, 5.74) is 1.99. The topological polar surface area (TPSA) is 105 Å². The van der Waals surface area contributed by atoms with Crippen molar-refractivity contribution in [1.82, 2.24) is 10.2 Å². The van der Waals surface area contributed by atoms with Crippen LogP contribution in [0.4, 0.5) is 5.69 Å². The van der Waals surface area contributed by atoms with Gasteiger partial charge in [-0.3, -0.25) is 13.9 Å². The van der Waals surface area contributed by atoms with Gasteiger partial charge in [-0.25, -0.2) is 8.42 Å². The second kappa shape index (κ2) is 12.7. The number of nitrogens with one attached hydrogen (secondary N) is 1. The molecule has 0 spiro atoms. The molecule has 0 aromatic heterocycles. The van der Waals surface area contributed by atoms with Gasteiger partial charge in [-0.05, 0) is 63.8 Å². The Bertz CT molecular complexity index is 1270. The van der Waals surface area contributed by atoms with Crippen molar-refractivity contribution in [3.05, 3.63) is 53.6 Å². The first-order chi connectivity index (χ1) is 18.3. The Kier molecular flexibility index (Phi) is 9.88. The quantitative estimate of drug-likeness (QED) is 0.446. The fraction of sp³-hybridized carbons (Fsp3) is 0.517. The minimum Gasteiger partial charge on any atom is -0.486 e. The molecule has 0 fully saturated rings. The van der Waals surface area contributed by atoms with Crippen molar-refractivity contribution in [2.75, 3.05) is 30.3 Å². The zero-order valence-corrected chi connectivity index (χ0v) is 24.6. The molecule has 3 rings (SSSR count). The third-order valence-corrected chi connectivity index (χ3v) is 7.65. The number of ether oxygens (including phenoxy) is 2. The van der Waals surface area contributed by atoms with Crippen molar-refractivity contribution >= 4 is 27.5 Å². The Balaban J connectivity index is 1.79. The fourth-order valence-electron chi connectivity index (χ4n) is 4.53. The molecule has 0 saturated heterocycles. The summed E-state index contributed by atoms with van der Waals surface area (Å²) >= 11 is 0. The molecule has 2 aromatic rings. The summed E-state index contributed by atoms with van der Waals surface area (Å²) in [4.78, 5) is 28.5. The van der Waals surface area contributed by atoms with Gasteiger partial charge in [-0.1, -0.05) is 31.2 Å². The molecule has 9 nitrogen and oxygen atoms in total. The SMILES string of the molecule is CC[C@@H](C(=O)NC(C)(C)C)N(Cc1ccccc1C)C(=O)CCCN(c1ccc2c(c1)OCCO2)S(C)(=O)=O. The highest BCUT2D eigenvalue weighted by Gasteiger charge is 2.31. The van der Waals surface area contributed by atoms with Gasteiger partial charge in [0.25, 0.3) is 0 Å². The first-order valence-corrected chi connectivity index (χ1v) is 15.2. The monoisotopic (exact) mass is 559 g/mol. The number of aryl methyl sites for hydroxylation is 1. The maximum absolute atomic E-state index is 13.6. The van der Waals surface area contributed by atoms with Crippen molar-refractivity contribution in [1.29, 1.82) is 0 Å². The zero-order valence-electron chi connectivity index (χ0n) is 23.8. The summed E-state index contributed by atoms with van der Waals surface area (Å²) in [6.45, 7) is 10.8. The molecule has 1 aliphatic heterocycles. The number of hydrogen-bond donors (Lipinski definition) is 1. The van der Waals surface area contributed by atoms with Crippen molar-refractivity contribution in [3.63, 3.8) is 0 Å². The minimum absolute atomic E-state index is 0.0851. The summed E-state index contributed by atoms with van der Waals surface area (Å²) in [6.07, 6.45) is 1.95. The first kappa shape index (κ1) is 30.3. The third-order valence-electron chi connectivity index (χ3n) is 6.45. The van der Waals surface area contributed by atoms with Crippen LogP contribution in [0, 0.1) is 6.92 Å². The van der Waals surface area contributed by atoms with Gasteiger partial charge in [-0.2, -0.15) is 0 Å². The summed E-state index contributed by atoms with van der Waals surface area (Å²) < 4.78 is 37.8. The molecule has 2 amide bonds. The number of carbonyl (C=O) groups is 2. The lowest BCUT2D eigenvalue weighted by Gasteiger charge is -2.33. The second-order valence-electron chi connectivity index (χ2n) is 10.9. The van der Waals surface area contributed by atoms with E-state index in [9.17, 15) is 18.0 Å². The lowest BCUT2D eigenvalue weighted by Crippen LogP contribution is -2.53. The number of fused-ring (bicyclic) bond motifs is 1. The summed E-state index contributed by atoms with van der Waals surface area (Å²) in [6, 6.07) is 12.1. The Hall–Kier alpha value is -3.27. The third kappa shape index (κ3) is 8.36. The highest BCUT2D eigenvalue weighted by atomic mass is 32.2. The number of anilines is 1. The van der Waals surface area contributed by atoms with Gasteiger partial charge in [0.2, 0.25) is 21.8 Å². The molecular formula is C29H41N3O6S. The van der Waals surface area contributed by atoms with E-state index in [1.165, 1.54) is 4.31 Å². The molecule has 0 radical (unpaired) electrons. The molecule has 1 aliphatic rings. The van der Waals surface area contributed by atoms with Crippen molar-refractivity contribution in [2.45, 2.75) is 72.0 Å². The van der Waals surface area contributed by atoms with Crippen LogP contribution in [0.25, 0.3) is 0 Å². The van der Waals surface area contributed by atoms with Gasteiger partial charge < -0.3 is 19.7 Å². The number of rotatable bonds is 11. The van der Waals surface area contributed by atoms with E-state index in [1.54, 1.807) is 23.1 Å². The molecule has 1 N–H and O–H groups in total. The molecule has 0 unspecified atom stereocenters.